The number of hydrazine groups is 1. The molecular formula is C18H23N3O4. The number of benzene rings is 1. The average molecular weight is 345 g/mol. The largest absolute Gasteiger partial charge is 0.496 e. The molecule has 1 aromatic rings. The highest BCUT2D eigenvalue weighted by Gasteiger charge is 2.19. The third kappa shape index (κ3) is 5.95. The second-order valence-electron chi connectivity index (χ2n) is 5.74. The van der Waals surface area contributed by atoms with Crippen molar-refractivity contribution < 1.29 is 19.1 Å². The minimum atomic E-state index is -0.471. The first-order valence-electron chi connectivity index (χ1n) is 8.28. The second kappa shape index (κ2) is 9.46. The number of ether oxygens (including phenoxy) is 1. The molecule has 134 valence electrons. The molecule has 25 heavy (non-hydrogen) atoms. The summed E-state index contributed by atoms with van der Waals surface area (Å²) >= 11 is 0. The lowest BCUT2D eigenvalue weighted by atomic mass is 10.2. The van der Waals surface area contributed by atoms with Gasteiger partial charge in [-0.05, 0) is 25.0 Å². The van der Waals surface area contributed by atoms with Crippen molar-refractivity contribution in [3.05, 3.63) is 35.9 Å². The summed E-state index contributed by atoms with van der Waals surface area (Å²) in [6.45, 7) is 0.531. The molecule has 2 rings (SSSR count). The Kier molecular flexibility index (Phi) is 7.00. The monoisotopic (exact) mass is 345 g/mol. The second-order valence-corrected chi connectivity index (χ2v) is 5.74. The molecule has 0 saturated carbocycles. The maximum Gasteiger partial charge on any atom is 0.262 e. The van der Waals surface area contributed by atoms with Gasteiger partial charge in [0.1, 0.15) is 12.3 Å². The van der Waals surface area contributed by atoms with Gasteiger partial charge in [0.25, 0.3) is 11.8 Å². The summed E-state index contributed by atoms with van der Waals surface area (Å²) < 4.78 is 5.19. The molecule has 0 aromatic heterocycles. The normalized spacial score (nSPS) is 14.9. The minimum absolute atomic E-state index is 0.0185. The van der Waals surface area contributed by atoms with Crippen LogP contribution in [0.25, 0.3) is 6.08 Å². The number of carbonyl (C=O) groups excluding carboxylic acids is 3. The maximum absolute atomic E-state index is 11.9. The molecule has 1 heterocycles. The van der Waals surface area contributed by atoms with Crippen LogP contribution in [0.1, 0.15) is 31.2 Å². The van der Waals surface area contributed by atoms with Crippen LogP contribution in [0.15, 0.2) is 30.3 Å². The van der Waals surface area contributed by atoms with Gasteiger partial charge in [0.15, 0.2) is 0 Å². The number of carbonyl (C=O) groups is 3. The van der Waals surface area contributed by atoms with E-state index < -0.39 is 11.8 Å². The predicted molar refractivity (Wildman–Crippen MR) is 93.4 cm³/mol. The maximum atomic E-state index is 11.9. The Morgan fingerprint density at radius 1 is 1.20 bits per heavy atom. The molecule has 1 aromatic carbocycles. The molecule has 0 radical (unpaired) electrons. The van der Waals surface area contributed by atoms with E-state index in [0.29, 0.717) is 18.7 Å². The molecule has 1 fully saturated rings. The van der Waals surface area contributed by atoms with Crippen molar-refractivity contribution in [2.45, 2.75) is 25.7 Å². The molecule has 0 unspecified atom stereocenters. The van der Waals surface area contributed by atoms with Crippen LogP contribution in [0.5, 0.6) is 5.75 Å². The Hall–Kier alpha value is -2.83. The van der Waals surface area contributed by atoms with Crippen LogP contribution in [0.4, 0.5) is 0 Å². The van der Waals surface area contributed by atoms with Crippen molar-refractivity contribution >= 4 is 23.8 Å². The van der Waals surface area contributed by atoms with Crippen LogP contribution >= 0.6 is 0 Å². The highest BCUT2D eigenvalue weighted by molar-refractivity contribution is 5.94. The van der Waals surface area contributed by atoms with Gasteiger partial charge in [0, 0.05) is 24.6 Å². The van der Waals surface area contributed by atoms with Crippen molar-refractivity contribution in [2.24, 2.45) is 0 Å². The molecule has 7 nitrogen and oxygen atoms in total. The number of hydrogen-bond acceptors (Lipinski definition) is 4. The zero-order valence-electron chi connectivity index (χ0n) is 14.3. The summed E-state index contributed by atoms with van der Waals surface area (Å²) in [5.74, 6) is -0.263. The van der Waals surface area contributed by atoms with E-state index in [1.807, 2.05) is 18.2 Å². The van der Waals surface area contributed by atoms with Gasteiger partial charge in [-0.3, -0.25) is 25.2 Å². The van der Waals surface area contributed by atoms with E-state index in [-0.39, 0.29) is 12.5 Å². The van der Waals surface area contributed by atoms with Gasteiger partial charge in [0.2, 0.25) is 5.91 Å². The Morgan fingerprint density at radius 3 is 2.80 bits per heavy atom. The van der Waals surface area contributed by atoms with Crippen molar-refractivity contribution in [1.82, 2.24) is 15.8 Å². The van der Waals surface area contributed by atoms with Crippen LogP contribution in [0.3, 0.4) is 0 Å². The van der Waals surface area contributed by atoms with Gasteiger partial charge < -0.3 is 9.64 Å². The molecule has 0 bridgehead atoms. The molecular weight excluding hydrogens is 322 g/mol. The van der Waals surface area contributed by atoms with Crippen molar-refractivity contribution in [3.8, 4) is 5.75 Å². The molecule has 3 amide bonds. The molecule has 1 aliphatic heterocycles. The van der Waals surface area contributed by atoms with E-state index in [4.69, 9.17) is 4.74 Å². The zero-order valence-corrected chi connectivity index (χ0v) is 14.3. The summed E-state index contributed by atoms with van der Waals surface area (Å²) in [5.41, 5.74) is 5.38. The first kappa shape index (κ1) is 18.5. The first-order valence-corrected chi connectivity index (χ1v) is 8.28. The van der Waals surface area contributed by atoms with Crippen molar-refractivity contribution in [2.75, 3.05) is 20.2 Å². The van der Waals surface area contributed by atoms with Crippen LogP contribution in [0, 0.1) is 0 Å². The SMILES string of the molecule is COc1ccccc1/C=C/C(=O)NNC(=O)CN1CCCCCC1=O. The summed E-state index contributed by atoms with van der Waals surface area (Å²) in [6, 6.07) is 7.27. The fourth-order valence-electron chi connectivity index (χ4n) is 2.56. The standard InChI is InChI=1S/C18H23N3O4/c1-25-15-8-5-4-7-14(15)10-11-16(22)19-20-17(23)13-21-12-6-2-3-9-18(21)24/h4-5,7-8,10-11H,2-3,6,9,12-13H2,1H3,(H,19,22)(H,20,23)/b11-10+. The van der Waals surface area contributed by atoms with Gasteiger partial charge in [-0.25, -0.2) is 0 Å². The molecule has 7 heteroatoms. The first-order chi connectivity index (χ1) is 12.1. The lowest BCUT2D eigenvalue weighted by Gasteiger charge is -2.19. The van der Waals surface area contributed by atoms with Crippen molar-refractivity contribution in [1.29, 1.82) is 0 Å². The van der Waals surface area contributed by atoms with E-state index in [2.05, 4.69) is 10.9 Å². The number of nitrogens with zero attached hydrogens (tertiary/aromatic N) is 1. The van der Waals surface area contributed by atoms with Crippen LogP contribution in [-0.4, -0.2) is 42.8 Å². The summed E-state index contributed by atoms with van der Waals surface area (Å²) in [5, 5.41) is 0. The lowest BCUT2D eigenvalue weighted by Crippen LogP contribution is -2.47. The summed E-state index contributed by atoms with van der Waals surface area (Å²) in [7, 11) is 1.55. The highest BCUT2D eigenvalue weighted by atomic mass is 16.5. The fourth-order valence-corrected chi connectivity index (χ4v) is 2.56. The molecule has 0 aliphatic carbocycles. The Morgan fingerprint density at radius 2 is 2.00 bits per heavy atom. The molecule has 2 N–H and O–H groups in total. The third-order valence-corrected chi connectivity index (χ3v) is 3.88. The van der Waals surface area contributed by atoms with Crippen LogP contribution in [0.2, 0.25) is 0 Å². The number of nitrogens with one attached hydrogen (secondary N) is 2. The van der Waals surface area contributed by atoms with Crippen LogP contribution in [-0.2, 0) is 14.4 Å². The quantitative estimate of drug-likeness (QED) is 0.621. The van der Waals surface area contributed by atoms with Gasteiger partial charge in [0.05, 0.1) is 7.11 Å². The number of para-hydroxylation sites is 1. The number of likely N-dealkylation sites (tertiary alicyclic amines) is 1. The Labute approximate surface area is 147 Å². The third-order valence-electron chi connectivity index (χ3n) is 3.88. The summed E-state index contributed by atoms with van der Waals surface area (Å²) in [4.78, 5) is 37.1. The summed E-state index contributed by atoms with van der Waals surface area (Å²) in [6.07, 6.45) is 6.12. The molecule has 0 atom stereocenters. The molecule has 0 spiro atoms. The van der Waals surface area contributed by atoms with E-state index >= 15 is 0 Å². The average Bonchev–Trinajstić information content (AvgIpc) is 2.83. The van der Waals surface area contributed by atoms with Gasteiger partial charge in [-0.1, -0.05) is 24.6 Å². The zero-order chi connectivity index (χ0) is 18.1. The number of hydrogen-bond donors (Lipinski definition) is 2. The fraction of sp³-hybridized carbons (Fsp3) is 0.389. The van der Waals surface area contributed by atoms with Crippen molar-refractivity contribution in [3.63, 3.8) is 0 Å². The topological polar surface area (TPSA) is 87.7 Å². The minimum Gasteiger partial charge on any atom is -0.496 e. The van der Waals surface area contributed by atoms with E-state index in [1.54, 1.807) is 19.3 Å². The predicted octanol–water partition coefficient (Wildman–Crippen LogP) is 1.26. The van der Waals surface area contributed by atoms with Crippen LogP contribution < -0.4 is 15.6 Å². The van der Waals surface area contributed by atoms with E-state index in [9.17, 15) is 14.4 Å². The van der Waals surface area contributed by atoms with Gasteiger partial charge in [-0.2, -0.15) is 0 Å². The molecule has 1 aliphatic rings. The van der Waals surface area contributed by atoms with E-state index in [1.165, 1.54) is 11.0 Å². The molecule has 1 saturated heterocycles. The Bertz CT molecular complexity index is 657. The van der Waals surface area contributed by atoms with Gasteiger partial charge in [-0.15, -0.1) is 0 Å². The van der Waals surface area contributed by atoms with Gasteiger partial charge >= 0.3 is 0 Å². The lowest BCUT2D eigenvalue weighted by molar-refractivity contribution is -0.136. The van der Waals surface area contributed by atoms with E-state index in [0.717, 1.165) is 24.8 Å². The number of rotatable bonds is 5. The number of amides is 3. The highest BCUT2D eigenvalue weighted by Crippen LogP contribution is 2.18. The number of methoxy groups -OCH3 is 1. The Balaban J connectivity index is 1.80. The smallest absolute Gasteiger partial charge is 0.262 e.